The van der Waals surface area contributed by atoms with E-state index in [0.717, 1.165) is 0 Å². The maximum atomic E-state index is 13.0. The number of nitrogens with zero attached hydrogens (tertiary/aromatic N) is 4. The SMILES string of the molecule is COc1cc(Cl)ccc1C(=O)NC1CNCCn2c1nc(-c1ccncn1)cc2=O.Cl. The fraction of sp³-hybridized carbons (Fsp3) is 0.250. The molecule has 0 bridgehead atoms. The topological polar surface area (TPSA) is 111 Å². The minimum atomic E-state index is -0.533. The molecular formula is C20H20Cl2N6O3. The Hall–Kier alpha value is -3.01. The van der Waals surface area contributed by atoms with Crippen molar-refractivity contribution >= 4 is 29.9 Å². The van der Waals surface area contributed by atoms with Gasteiger partial charge in [-0.25, -0.2) is 15.0 Å². The van der Waals surface area contributed by atoms with Crippen LogP contribution in [0.25, 0.3) is 11.4 Å². The third kappa shape index (κ3) is 4.84. The van der Waals surface area contributed by atoms with E-state index in [1.165, 1.54) is 19.5 Å². The lowest BCUT2D eigenvalue weighted by Gasteiger charge is -2.20. The fourth-order valence-corrected chi connectivity index (χ4v) is 3.48. The van der Waals surface area contributed by atoms with Gasteiger partial charge in [0.15, 0.2) is 0 Å². The Morgan fingerprint density at radius 1 is 1.29 bits per heavy atom. The number of nitrogens with one attached hydrogen (secondary N) is 2. The van der Waals surface area contributed by atoms with Crippen molar-refractivity contribution in [3.05, 3.63) is 69.6 Å². The van der Waals surface area contributed by atoms with Crippen LogP contribution in [0.2, 0.25) is 5.02 Å². The van der Waals surface area contributed by atoms with E-state index in [1.54, 1.807) is 35.0 Å². The maximum Gasteiger partial charge on any atom is 0.255 e. The second-order valence-electron chi connectivity index (χ2n) is 6.66. The maximum absolute atomic E-state index is 13.0. The monoisotopic (exact) mass is 462 g/mol. The number of amides is 1. The second-order valence-corrected chi connectivity index (χ2v) is 7.10. The van der Waals surface area contributed by atoms with Gasteiger partial charge in [-0.2, -0.15) is 0 Å². The van der Waals surface area contributed by atoms with Gasteiger partial charge in [0.1, 0.15) is 17.9 Å². The molecule has 0 spiro atoms. The Kier molecular flexibility index (Phi) is 7.21. The molecular weight excluding hydrogens is 443 g/mol. The third-order valence-electron chi connectivity index (χ3n) is 4.77. The Morgan fingerprint density at radius 3 is 2.87 bits per heavy atom. The van der Waals surface area contributed by atoms with E-state index in [-0.39, 0.29) is 23.9 Å². The Balaban J connectivity index is 0.00000272. The van der Waals surface area contributed by atoms with Gasteiger partial charge in [-0.3, -0.25) is 14.2 Å². The van der Waals surface area contributed by atoms with Crippen molar-refractivity contribution in [1.82, 2.24) is 30.2 Å². The number of carbonyl (C=O) groups excluding carboxylic acids is 1. The molecule has 0 saturated heterocycles. The highest BCUT2D eigenvalue weighted by Gasteiger charge is 2.25. The van der Waals surface area contributed by atoms with Crippen LogP contribution in [0.5, 0.6) is 5.75 Å². The number of carbonyl (C=O) groups is 1. The van der Waals surface area contributed by atoms with E-state index in [9.17, 15) is 9.59 Å². The van der Waals surface area contributed by atoms with Crippen LogP contribution < -0.4 is 20.9 Å². The van der Waals surface area contributed by atoms with E-state index in [1.807, 2.05) is 0 Å². The summed E-state index contributed by atoms with van der Waals surface area (Å²) in [5, 5.41) is 6.65. The number of hydrogen-bond acceptors (Lipinski definition) is 7. The molecule has 3 aromatic rings. The average molecular weight is 463 g/mol. The van der Waals surface area contributed by atoms with Gasteiger partial charge in [-0.15, -0.1) is 12.4 Å². The first-order valence-electron chi connectivity index (χ1n) is 9.30. The van der Waals surface area contributed by atoms with Crippen LogP contribution in [0.1, 0.15) is 22.2 Å². The van der Waals surface area contributed by atoms with Gasteiger partial charge in [0.05, 0.1) is 30.1 Å². The predicted molar refractivity (Wildman–Crippen MR) is 118 cm³/mol. The van der Waals surface area contributed by atoms with Crippen LogP contribution in [0.4, 0.5) is 0 Å². The largest absolute Gasteiger partial charge is 0.496 e. The lowest BCUT2D eigenvalue weighted by molar-refractivity contribution is 0.0931. The molecule has 1 amide bonds. The Labute approximate surface area is 189 Å². The van der Waals surface area contributed by atoms with E-state index in [2.05, 4.69) is 25.6 Å². The molecule has 1 unspecified atom stereocenters. The highest BCUT2D eigenvalue weighted by atomic mass is 35.5. The summed E-state index contributed by atoms with van der Waals surface area (Å²) in [5.41, 5.74) is 1.10. The first-order chi connectivity index (χ1) is 14.6. The van der Waals surface area contributed by atoms with Gasteiger partial charge < -0.3 is 15.4 Å². The summed E-state index contributed by atoms with van der Waals surface area (Å²) in [4.78, 5) is 38.4. The molecule has 0 fully saturated rings. The van der Waals surface area contributed by atoms with E-state index < -0.39 is 6.04 Å². The first-order valence-corrected chi connectivity index (χ1v) is 9.68. The van der Waals surface area contributed by atoms with Crippen LogP contribution in [0.3, 0.4) is 0 Å². The minimum absolute atomic E-state index is 0. The summed E-state index contributed by atoms with van der Waals surface area (Å²) in [6, 6.07) is 7.38. The molecule has 31 heavy (non-hydrogen) atoms. The summed E-state index contributed by atoms with van der Waals surface area (Å²) < 4.78 is 6.84. The molecule has 1 aliphatic heterocycles. The zero-order chi connectivity index (χ0) is 21.1. The Morgan fingerprint density at radius 2 is 2.13 bits per heavy atom. The van der Waals surface area contributed by atoms with Crippen LogP contribution in [-0.4, -0.2) is 45.6 Å². The number of fused-ring (bicyclic) bond motifs is 1. The summed E-state index contributed by atoms with van der Waals surface area (Å²) >= 11 is 5.99. The third-order valence-corrected chi connectivity index (χ3v) is 5.00. The number of aromatic nitrogens is 4. The molecule has 162 valence electrons. The van der Waals surface area contributed by atoms with Crippen molar-refractivity contribution in [3.8, 4) is 17.1 Å². The van der Waals surface area contributed by atoms with Gasteiger partial charge in [0.2, 0.25) is 0 Å². The molecule has 0 saturated carbocycles. The summed E-state index contributed by atoms with van der Waals surface area (Å²) in [6.07, 6.45) is 2.98. The zero-order valence-electron chi connectivity index (χ0n) is 16.5. The van der Waals surface area contributed by atoms with Crippen molar-refractivity contribution in [3.63, 3.8) is 0 Å². The lowest BCUT2D eigenvalue weighted by atomic mass is 10.1. The molecule has 9 nitrogen and oxygen atoms in total. The summed E-state index contributed by atoms with van der Waals surface area (Å²) in [7, 11) is 1.47. The number of benzene rings is 1. The van der Waals surface area contributed by atoms with Crippen molar-refractivity contribution in [2.75, 3.05) is 20.2 Å². The van der Waals surface area contributed by atoms with Gasteiger partial charge >= 0.3 is 0 Å². The van der Waals surface area contributed by atoms with Gasteiger partial charge in [-0.05, 0) is 24.3 Å². The minimum Gasteiger partial charge on any atom is -0.496 e. The standard InChI is InChI=1S/C20H19ClN6O3.ClH/c1-30-17-8-12(21)2-3-13(17)20(29)26-16-10-22-6-7-27-18(28)9-15(25-19(16)27)14-4-5-23-11-24-14;/h2-5,8-9,11,16,22H,6-7,10H2,1H3,(H,26,29);1H. The average Bonchev–Trinajstić information content (AvgIpc) is 2.96. The number of halogens is 2. The number of rotatable bonds is 4. The van der Waals surface area contributed by atoms with Gasteiger partial charge in [-0.1, -0.05) is 11.6 Å². The summed E-state index contributed by atoms with van der Waals surface area (Å²) in [5.74, 6) is 0.467. The van der Waals surface area contributed by atoms with Crippen LogP contribution in [0, 0.1) is 0 Å². The predicted octanol–water partition coefficient (Wildman–Crippen LogP) is 1.86. The van der Waals surface area contributed by atoms with Crippen LogP contribution in [0.15, 0.2) is 47.7 Å². The summed E-state index contributed by atoms with van der Waals surface area (Å²) in [6.45, 7) is 1.45. The van der Waals surface area contributed by atoms with E-state index in [0.29, 0.717) is 53.2 Å². The molecule has 0 aliphatic carbocycles. The number of ether oxygens (including phenoxy) is 1. The zero-order valence-corrected chi connectivity index (χ0v) is 18.1. The Bertz CT molecular complexity index is 1140. The second kappa shape index (κ2) is 9.86. The molecule has 0 radical (unpaired) electrons. The van der Waals surface area contributed by atoms with Crippen molar-refractivity contribution < 1.29 is 9.53 Å². The van der Waals surface area contributed by atoms with Crippen molar-refractivity contribution in [2.45, 2.75) is 12.6 Å². The molecule has 3 heterocycles. The van der Waals surface area contributed by atoms with E-state index >= 15 is 0 Å². The van der Waals surface area contributed by atoms with Gasteiger partial charge in [0, 0.05) is 36.9 Å². The van der Waals surface area contributed by atoms with E-state index in [4.69, 9.17) is 16.3 Å². The number of hydrogen-bond donors (Lipinski definition) is 2. The van der Waals surface area contributed by atoms with Crippen molar-refractivity contribution in [1.29, 1.82) is 0 Å². The number of methoxy groups -OCH3 is 1. The molecule has 1 aromatic carbocycles. The lowest BCUT2D eigenvalue weighted by Crippen LogP contribution is -2.37. The molecule has 11 heteroatoms. The molecule has 1 aliphatic rings. The van der Waals surface area contributed by atoms with Crippen LogP contribution in [-0.2, 0) is 6.54 Å². The highest BCUT2D eigenvalue weighted by Crippen LogP contribution is 2.24. The fourth-order valence-electron chi connectivity index (χ4n) is 3.32. The van der Waals surface area contributed by atoms with Crippen molar-refractivity contribution in [2.24, 2.45) is 0 Å². The quantitative estimate of drug-likeness (QED) is 0.608. The normalized spacial score (nSPS) is 15.2. The van der Waals surface area contributed by atoms with Gasteiger partial charge in [0.25, 0.3) is 11.5 Å². The highest BCUT2D eigenvalue weighted by molar-refractivity contribution is 6.30. The smallest absolute Gasteiger partial charge is 0.255 e. The van der Waals surface area contributed by atoms with Crippen LogP contribution >= 0.6 is 24.0 Å². The molecule has 2 N–H and O–H groups in total. The molecule has 1 atom stereocenters. The molecule has 2 aromatic heterocycles. The molecule has 4 rings (SSSR count). The first kappa shape index (κ1) is 22.7.